The van der Waals surface area contributed by atoms with Crippen LogP contribution in [0.4, 0.5) is 11.4 Å². The maximum atomic E-state index is 13.6. The van der Waals surface area contributed by atoms with Gasteiger partial charge in [-0.2, -0.15) is 4.58 Å². The van der Waals surface area contributed by atoms with E-state index in [0.717, 1.165) is 33.9 Å². The van der Waals surface area contributed by atoms with Gasteiger partial charge in [0.2, 0.25) is 11.5 Å². The van der Waals surface area contributed by atoms with Crippen LogP contribution >= 0.6 is 0 Å². The number of aliphatic hydroxyl groups is 1. The molecule has 0 fully saturated rings. The summed E-state index contributed by atoms with van der Waals surface area (Å²) in [6.45, 7) is 9.20. The Morgan fingerprint density at radius 3 is 2.14 bits per heavy atom. The Balaban J connectivity index is 1.54. The Hall–Kier alpha value is -4.46. The normalized spacial score (nSPS) is 20.3. The number of ketones is 1. The largest absolute Gasteiger partial charge is 0.506 e. The van der Waals surface area contributed by atoms with Gasteiger partial charge in [-0.1, -0.05) is 50.2 Å². The highest BCUT2D eigenvalue weighted by Crippen LogP contribution is 2.49. The van der Waals surface area contributed by atoms with E-state index in [1.54, 1.807) is 12.2 Å². The van der Waals surface area contributed by atoms with E-state index in [1.807, 2.05) is 48.5 Å². The molecule has 3 N–H and O–H groups in total. The van der Waals surface area contributed by atoms with Crippen LogP contribution in [0, 0.1) is 0 Å². The van der Waals surface area contributed by atoms with Crippen molar-refractivity contribution >= 4 is 34.8 Å². The molecule has 0 radical (unpaired) electrons. The van der Waals surface area contributed by atoms with Gasteiger partial charge in [0, 0.05) is 53.9 Å². The van der Waals surface area contributed by atoms with Crippen molar-refractivity contribution in [3.63, 3.8) is 0 Å². The molecule has 0 unspecified atom stereocenters. The van der Waals surface area contributed by atoms with E-state index in [4.69, 9.17) is 0 Å². The van der Waals surface area contributed by atoms with Crippen molar-refractivity contribution < 1.29 is 34.3 Å². The summed E-state index contributed by atoms with van der Waals surface area (Å²) >= 11 is 0. The minimum absolute atomic E-state index is 0.0336. The van der Waals surface area contributed by atoms with E-state index < -0.39 is 22.8 Å². The van der Waals surface area contributed by atoms with Crippen LogP contribution in [-0.4, -0.2) is 56.4 Å². The van der Waals surface area contributed by atoms with Gasteiger partial charge in [0.1, 0.15) is 12.3 Å². The summed E-state index contributed by atoms with van der Waals surface area (Å²) in [6.07, 6.45) is 4.44. The van der Waals surface area contributed by atoms with Crippen molar-refractivity contribution in [2.24, 2.45) is 0 Å². The number of fused-ring (bicyclic) bond motifs is 2. The third kappa shape index (κ3) is 4.85. The summed E-state index contributed by atoms with van der Waals surface area (Å²) in [5.41, 5.74) is 5.30. The second kappa shape index (κ2) is 10.7. The molecule has 0 aromatic heterocycles. The number of allylic oxidation sites excluding steroid dienone is 5. The Morgan fingerprint density at radius 1 is 0.857 bits per heavy atom. The lowest BCUT2D eigenvalue weighted by atomic mass is 9.77. The van der Waals surface area contributed by atoms with E-state index in [-0.39, 0.29) is 35.5 Å². The molecule has 218 valence electrons. The number of carboxylic acids is 2. The average Bonchev–Trinajstić information content (AvgIpc) is 3.28. The second-order valence-electron chi connectivity index (χ2n) is 12.1. The summed E-state index contributed by atoms with van der Waals surface area (Å²) in [5, 5.41) is 29.6. The van der Waals surface area contributed by atoms with Crippen LogP contribution in [-0.2, 0) is 25.2 Å². The molecule has 0 atom stereocenters. The summed E-state index contributed by atoms with van der Waals surface area (Å²) in [7, 11) is 0. The Morgan fingerprint density at radius 2 is 1.48 bits per heavy atom. The first kappa shape index (κ1) is 29.0. The number of carbonyl (C=O) groups excluding carboxylic acids is 1. The average molecular weight is 570 g/mol. The van der Waals surface area contributed by atoms with Gasteiger partial charge in [-0.3, -0.25) is 14.4 Å². The Bertz CT molecular complexity index is 1620. The van der Waals surface area contributed by atoms with E-state index in [0.29, 0.717) is 25.9 Å². The zero-order chi connectivity index (χ0) is 30.4. The lowest BCUT2D eigenvalue weighted by molar-refractivity contribution is -0.438. The minimum atomic E-state index is -0.858. The number of hydrogen-bond donors (Lipinski definition) is 3. The fourth-order valence-corrected chi connectivity index (χ4v) is 6.44. The number of carbonyl (C=O) groups is 3. The van der Waals surface area contributed by atoms with Crippen LogP contribution in [0.1, 0.15) is 64.5 Å². The first-order valence-electron chi connectivity index (χ1n) is 14.3. The van der Waals surface area contributed by atoms with Crippen molar-refractivity contribution in [1.29, 1.82) is 0 Å². The van der Waals surface area contributed by atoms with Crippen LogP contribution in [0.15, 0.2) is 83.3 Å². The van der Waals surface area contributed by atoms with E-state index >= 15 is 0 Å². The lowest BCUT2D eigenvalue weighted by Crippen LogP contribution is -2.32. The molecule has 0 saturated carbocycles. The van der Waals surface area contributed by atoms with Gasteiger partial charge in [-0.25, -0.2) is 0 Å². The Kier molecular flexibility index (Phi) is 7.43. The van der Waals surface area contributed by atoms with Gasteiger partial charge < -0.3 is 20.2 Å². The predicted octanol–water partition coefficient (Wildman–Crippen LogP) is 5.80. The van der Waals surface area contributed by atoms with Crippen LogP contribution in [0.2, 0.25) is 0 Å². The number of carboxylic acid groups (broad SMARTS) is 2. The fraction of sp³-hybridized carbons (Fsp3) is 0.353. The highest BCUT2D eigenvalue weighted by atomic mass is 16.4. The van der Waals surface area contributed by atoms with Gasteiger partial charge >= 0.3 is 11.9 Å². The van der Waals surface area contributed by atoms with Crippen LogP contribution in [0.25, 0.3) is 0 Å². The van der Waals surface area contributed by atoms with Crippen molar-refractivity contribution in [2.45, 2.75) is 64.2 Å². The standard InChI is InChI=1S/C34H36N2O6/c1-33(2)23-11-5-7-13-25(23)35(17-9-15-29(37)38)27(33)19-21-31(41)22(32(21)42)20-28-34(3,4)24-12-6-8-14-26(24)36(28)18-10-16-30(39)40/h5-8,11-14,19-20H,9-10,15-18H2,1-4H3,(H2-,37,38,39,40,41,42)/p+1. The zero-order valence-corrected chi connectivity index (χ0v) is 24.5. The van der Waals surface area contributed by atoms with E-state index in [1.165, 1.54) is 0 Å². The van der Waals surface area contributed by atoms with Crippen LogP contribution < -0.4 is 4.90 Å². The smallest absolute Gasteiger partial charge is 0.303 e. The molecule has 5 rings (SSSR count). The zero-order valence-electron chi connectivity index (χ0n) is 24.5. The van der Waals surface area contributed by atoms with Gasteiger partial charge in [-0.15, -0.1) is 0 Å². The lowest BCUT2D eigenvalue weighted by Gasteiger charge is -2.29. The van der Waals surface area contributed by atoms with E-state index in [9.17, 15) is 29.7 Å². The number of nitrogens with zero attached hydrogens (tertiary/aromatic N) is 2. The predicted molar refractivity (Wildman–Crippen MR) is 161 cm³/mol. The molecule has 42 heavy (non-hydrogen) atoms. The van der Waals surface area contributed by atoms with Crippen molar-refractivity contribution in [1.82, 2.24) is 0 Å². The number of hydrogen-bond acceptors (Lipinski definition) is 5. The fourth-order valence-electron chi connectivity index (χ4n) is 6.44. The number of aliphatic carboxylic acids is 2. The highest BCUT2D eigenvalue weighted by molar-refractivity contribution is 6.24. The molecule has 2 aromatic rings. The number of benzene rings is 2. The van der Waals surface area contributed by atoms with Crippen molar-refractivity contribution in [3.05, 3.63) is 94.4 Å². The van der Waals surface area contributed by atoms with E-state index in [2.05, 4.69) is 37.2 Å². The first-order valence-corrected chi connectivity index (χ1v) is 14.3. The number of anilines is 1. The minimum Gasteiger partial charge on any atom is -0.506 e. The molecule has 0 spiro atoms. The molecule has 2 aliphatic heterocycles. The SMILES string of the molecule is CC1(C)C(/C=C2\C(=O)C(/C=C3\N(CCCC(=O)O)c4ccccc4C3(C)C)=C2O)=[N+](CCCC(=O)O)c2ccccc21. The van der Waals surface area contributed by atoms with Gasteiger partial charge in [0.05, 0.1) is 23.0 Å². The molecule has 0 saturated heterocycles. The molecule has 3 aliphatic rings. The second-order valence-corrected chi connectivity index (χ2v) is 12.1. The van der Waals surface area contributed by atoms with Crippen LogP contribution in [0.3, 0.4) is 0 Å². The van der Waals surface area contributed by atoms with Gasteiger partial charge in [-0.05, 0) is 38.0 Å². The van der Waals surface area contributed by atoms with Crippen molar-refractivity contribution in [3.8, 4) is 0 Å². The maximum Gasteiger partial charge on any atom is 0.303 e. The molecule has 2 heterocycles. The number of Topliss-reactive ketones (excluding diaryl/α,β-unsaturated/α-hetero) is 1. The van der Waals surface area contributed by atoms with Gasteiger partial charge in [0.15, 0.2) is 5.71 Å². The molecule has 1 aliphatic carbocycles. The maximum absolute atomic E-state index is 13.6. The monoisotopic (exact) mass is 569 g/mol. The summed E-state index contributed by atoms with van der Waals surface area (Å²) in [6, 6.07) is 15.9. The molecule has 2 aromatic carbocycles. The molecule has 8 nitrogen and oxygen atoms in total. The number of aliphatic hydroxyl groups excluding tert-OH is 1. The first-order chi connectivity index (χ1) is 19.9. The molecular formula is C34H37N2O6+. The topological polar surface area (TPSA) is 118 Å². The van der Waals surface area contributed by atoms with Crippen molar-refractivity contribution in [2.75, 3.05) is 18.0 Å². The molecule has 0 bridgehead atoms. The summed E-state index contributed by atoms with van der Waals surface area (Å²) in [5.74, 6) is -2.05. The number of rotatable bonds is 10. The third-order valence-electron chi connectivity index (χ3n) is 8.71. The Labute approximate surface area is 245 Å². The molecular weight excluding hydrogens is 532 g/mol. The van der Waals surface area contributed by atoms with Crippen LogP contribution in [0.5, 0.6) is 0 Å². The summed E-state index contributed by atoms with van der Waals surface area (Å²) in [4.78, 5) is 38.1. The quantitative estimate of drug-likeness (QED) is 0.245. The highest BCUT2D eigenvalue weighted by Gasteiger charge is 2.47. The summed E-state index contributed by atoms with van der Waals surface area (Å²) < 4.78 is 2.06. The third-order valence-corrected chi connectivity index (χ3v) is 8.71. The van der Waals surface area contributed by atoms with Gasteiger partial charge in [0.25, 0.3) is 0 Å². The molecule has 0 amide bonds. The molecule has 8 heteroatoms. The number of para-hydroxylation sites is 2.